The third-order valence-electron chi connectivity index (χ3n) is 0. The first kappa shape index (κ1) is 113. The van der Waals surface area contributed by atoms with Crippen LogP contribution in [0.25, 0.3) is 0 Å². The number of carboxylic acid groups (broad SMARTS) is 10. The molecule has 0 bridgehead atoms. The molecule has 0 spiro atoms. The molecule has 0 aliphatic rings. The first-order valence-corrected chi connectivity index (χ1v) is 3.06. The van der Waals surface area contributed by atoms with Gasteiger partial charge in [0.1, 0.15) is 0 Å². The zero-order chi connectivity index (χ0) is 17.9. The van der Waals surface area contributed by atoms with Crippen LogP contribution in [-0.2, 0) is 78.6 Å². The molecule has 0 saturated heterocycles. The molecule has 0 aliphatic heterocycles. The average molecular weight is 776 g/mol. The minimum absolute atomic E-state index is 0. The maximum atomic E-state index is 8.33. The summed E-state index contributed by atoms with van der Waals surface area (Å²) in [5.74, 6) is 0. The molecule has 0 fully saturated rings. The maximum Gasteiger partial charge on any atom is 4.00 e. The number of carbonyl (C=O) groups excluding carboxylic acids is 5. The Hall–Kier alpha value is 3.71. The van der Waals surface area contributed by atoms with Gasteiger partial charge in [0.15, 0.2) is 0 Å². The molecule has 5 N–H and O–H groups in total. The third-order valence-corrected chi connectivity index (χ3v) is 0. The van der Waals surface area contributed by atoms with Crippen molar-refractivity contribution in [2.75, 3.05) is 0 Å². The zero-order valence-electron chi connectivity index (χ0n) is 15.4. The van der Waals surface area contributed by atoms with Crippen molar-refractivity contribution in [3.05, 3.63) is 0 Å². The van der Waals surface area contributed by atoms with Crippen molar-refractivity contribution < 1.29 is 335 Å². The van der Waals surface area contributed by atoms with E-state index in [2.05, 4.69) is 0 Å². The second-order valence-electron chi connectivity index (χ2n) is 1.25. The van der Waals surface area contributed by atoms with E-state index in [-0.39, 0.29) is 260 Å². The van der Waals surface area contributed by atoms with Gasteiger partial charge in [0.2, 0.25) is 0 Å². The van der Waals surface area contributed by atoms with E-state index in [1.165, 1.54) is 0 Å². The van der Waals surface area contributed by atoms with Gasteiger partial charge in [-0.1, -0.05) is 0 Å². The summed E-state index contributed by atoms with van der Waals surface area (Å²) in [4.78, 5) is 41.7. The molecule has 0 radical (unpaired) electrons. The molecule has 0 aromatic carbocycles. The van der Waals surface area contributed by atoms with Gasteiger partial charge in [0.05, 0.1) is 0 Å². The molecule has 0 atom stereocenters. The maximum absolute atomic E-state index is 8.33. The third kappa shape index (κ3) is 2460. The monoisotopic (exact) mass is 772 g/mol. The van der Waals surface area contributed by atoms with Gasteiger partial charge in [-0.2, -0.15) is 0 Å². The molecule has 160 valence electrons. The predicted molar refractivity (Wildman–Crippen MR) is 36.7 cm³/mol. The van der Waals surface area contributed by atoms with Crippen LogP contribution in [-0.4, -0.2) is 58.2 Å². The molecule has 0 aliphatic carbocycles. The molecule has 0 heterocycles. The van der Waals surface area contributed by atoms with E-state index in [1.807, 2.05) is 0 Å². The largest absolute Gasteiger partial charge is 4.00 e. The van der Waals surface area contributed by atoms with Crippen molar-refractivity contribution in [3.63, 3.8) is 0 Å². The fourth-order valence-electron chi connectivity index (χ4n) is 0. The summed E-state index contributed by atoms with van der Waals surface area (Å²) in [6, 6.07) is 0. The van der Waals surface area contributed by atoms with Crippen LogP contribution in [0, 0.1) is 0 Å². The minimum atomic E-state index is -2.33. The molecular weight excluding hydrogens is 771 g/mol. The van der Waals surface area contributed by atoms with E-state index in [9.17, 15) is 0 Å². The Labute approximate surface area is 357 Å². The smallest absolute Gasteiger partial charge is 0.870 e. The molecule has 0 rings (SSSR count). The normalized spacial score (nSPS) is 3.87. The summed E-state index contributed by atoms with van der Waals surface area (Å²) in [6.07, 6.45) is -11.7. The molecule has 0 aromatic heterocycles. The molecule has 0 aromatic rings. The van der Waals surface area contributed by atoms with Crippen molar-refractivity contribution in [1.82, 2.24) is 0 Å². The summed E-state index contributed by atoms with van der Waals surface area (Å²) >= 11 is 0. The Bertz CT molecular complexity index is 231. The van der Waals surface area contributed by atoms with E-state index in [0.717, 1.165) is 0 Å². The molecule has 31 heavy (non-hydrogen) atoms. The van der Waals surface area contributed by atoms with Crippen LogP contribution in [0.1, 0.15) is 0 Å². The summed E-state index contributed by atoms with van der Waals surface area (Å²) in [5, 5.41) is 83.3. The first-order valence-electron chi connectivity index (χ1n) is 3.06. The van der Waals surface area contributed by atoms with Gasteiger partial charge in [0.25, 0.3) is 0 Å². The van der Waals surface area contributed by atoms with Crippen molar-refractivity contribution in [2.24, 2.45) is 0 Å². The van der Waals surface area contributed by atoms with Crippen LogP contribution < -0.4 is 205 Å². The predicted octanol–water partition coefficient (Wildman–Crippen LogP) is -22.1. The summed E-state index contributed by atoms with van der Waals surface area (Å²) in [5.41, 5.74) is 0. The first-order chi connectivity index (χ1) is 8.66. The van der Waals surface area contributed by atoms with Crippen molar-refractivity contribution in [3.8, 4) is 0 Å². The fraction of sp³-hybridized carbons (Fsp3) is 0. The van der Waals surface area contributed by atoms with E-state index in [0.29, 0.717) is 0 Å². The van der Waals surface area contributed by atoms with Crippen LogP contribution in [0.5, 0.6) is 0 Å². The van der Waals surface area contributed by atoms with Crippen LogP contribution in [0.2, 0.25) is 0 Å². The molecule has 26 heteroatoms. The second-order valence-corrected chi connectivity index (χ2v) is 1.25. The summed E-state index contributed by atoms with van der Waals surface area (Å²) in [7, 11) is 0. The van der Waals surface area contributed by atoms with Crippen molar-refractivity contribution in [2.45, 2.75) is 0 Å². The van der Waals surface area contributed by atoms with Gasteiger partial charge in [-0.15, -0.1) is 0 Å². The number of carbonyl (C=O) groups is 5. The van der Waals surface area contributed by atoms with E-state index >= 15 is 0 Å². The summed E-state index contributed by atoms with van der Waals surface area (Å²) in [6.45, 7) is 0. The van der Waals surface area contributed by atoms with E-state index < -0.39 is 30.8 Å². The Balaban J connectivity index is -0.00000000595. The molecule has 0 unspecified atom stereocenters. The Morgan fingerprint density at radius 2 is 0.290 bits per heavy atom. The Morgan fingerprint density at radius 1 is 0.290 bits per heavy atom. The Morgan fingerprint density at radius 3 is 0.290 bits per heavy atom. The van der Waals surface area contributed by atoms with Crippen LogP contribution >= 0.6 is 0 Å². The van der Waals surface area contributed by atoms with Gasteiger partial charge in [-0.3, -0.25) is 0 Å². The zero-order valence-corrected chi connectivity index (χ0v) is 32.1. The standard InChI is InChI=1S/5CH2O3.3K.5H2O.3Zr/c5*2-1(3)4;;;;;;;;;;;/h5*(H2,2,3,4);;;;5*1H2;;;/q;;;;;3*+1;;;;;;3*+4/p-15. The molecular formula is C5H5K3O20Zr3. The molecule has 0 amide bonds. The molecule has 0 saturated carbocycles. The fourth-order valence-corrected chi connectivity index (χ4v) is 0. The summed E-state index contributed by atoms with van der Waals surface area (Å²) < 4.78 is 0. The SMILES string of the molecule is O=C([O-])[O-].O=C([O-])[O-].O=C([O-])[O-].O=C([O-])[O-].O=C([O-])[O-].[K+].[K+].[K+].[OH-].[OH-].[OH-].[OH-].[OH-].[Zr+4].[Zr+4].[Zr+4]. The Kier molecular flexibility index (Phi) is 375. The minimum Gasteiger partial charge on any atom is -0.870 e. The van der Waals surface area contributed by atoms with Crippen molar-refractivity contribution >= 4 is 30.8 Å². The molecule has 20 nitrogen and oxygen atoms in total. The second kappa shape index (κ2) is 103. The van der Waals surface area contributed by atoms with E-state index in [4.69, 9.17) is 75.0 Å². The van der Waals surface area contributed by atoms with Gasteiger partial charge >= 0.3 is 233 Å². The van der Waals surface area contributed by atoms with Crippen LogP contribution in [0.4, 0.5) is 24.0 Å². The average Bonchev–Trinajstić information content (AvgIpc) is 1.94. The van der Waals surface area contributed by atoms with Gasteiger partial charge in [-0.25, -0.2) is 0 Å². The number of hydrogen-bond acceptors (Lipinski definition) is 20. The van der Waals surface area contributed by atoms with E-state index in [1.54, 1.807) is 0 Å². The van der Waals surface area contributed by atoms with Gasteiger partial charge in [-0.05, 0) is 30.8 Å². The number of hydrogen-bond donors (Lipinski definition) is 0. The van der Waals surface area contributed by atoms with Crippen LogP contribution in [0.15, 0.2) is 0 Å². The topological polar surface area (TPSA) is 466 Å². The number of rotatable bonds is 0. The van der Waals surface area contributed by atoms with Crippen molar-refractivity contribution in [1.29, 1.82) is 0 Å². The van der Waals surface area contributed by atoms with Gasteiger partial charge in [0, 0.05) is 0 Å². The quantitative estimate of drug-likeness (QED) is 0.206. The van der Waals surface area contributed by atoms with Gasteiger partial charge < -0.3 is 102 Å². The van der Waals surface area contributed by atoms with Crippen LogP contribution in [0.3, 0.4) is 0 Å².